The second-order valence-electron chi connectivity index (χ2n) is 7.26. The number of aromatic amines is 1. The van der Waals surface area contributed by atoms with Crippen LogP contribution >= 0.6 is 0 Å². The quantitative estimate of drug-likeness (QED) is 0.697. The molecule has 0 bridgehead atoms. The van der Waals surface area contributed by atoms with Gasteiger partial charge in [0.1, 0.15) is 0 Å². The molecule has 0 radical (unpaired) electrons. The predicted octanol–water partition coefficient (Wildman–Crippen LogP) is 2.78. The number of aromatic nitrogens is 3. The molecule has 0 saturated carbocycles. The topological polar surface area (TPSA) is 83.3 Å². The number of hydrogen-bond acceptors (Lipinski definition) is 4. The average molecular weight is 389 g/mol. The van der Waals surface area contributed by atoms with E-state index in [0.29, 0.717) is 19.0 Å². The minimum absolute atomic E-state index is 0.120. The molecular formula is C22H23N5O2. The van der Waals surface area contributed by atoms with Crippen molar-refractivity contribution < 1.29 is 4.79 Å². The molecule has 1 aromatic heterocycles. The highest BCUT2D eigenvalue weighted by Crippen LogP contribution is 2.28. The molecule has 7 nitrogen and oxygen atoms in total. The molecule has 1 aliphatic rings. The average Bonchev–Trinajstić information content (AvgIpc) is 3.14. The summed E-state index contributed by atoms with van der Waals surface area (Å²) in [5, 5.41) is 10.6. The highest BCUT2D eigenvalue weighted by molar-refractivity contribution is 5.92. The summed E-state index contributed by atoms with van der Waals surface area (Å²) >= 11 is 0. The molecule has 7 heteroatoms. The van der Waals surface area contributed by atoms with Gasteiger partial charge in [-0.25, -0.2) is 0 Å². The molecule has 1 N–H and O–H groups in total. The van der Waals surface area contributed by atoms with Crippen molar-refractivity contribution in [3.05, 3.63) is 87.3 Å². The summed E-state index contributed by atoms with van der Waals surface area (Å²) < 4.78 is 0. The lowest BCUT2D eigenvalue weighted by atomic mass is 9.89. The fourth-order valence-electron chi connectivity index (χ4n) is 3.65. The Bertz CT molecular complexity index is 1080. The van der Waals surface area contributed by atoms with E-state index >= 15 is 0 Å². The minimum Gasteiger partial charge on any atom is -0.337 e. The summed E-state index contributed by atoms with van der Waals surface area (Å²) in [6.07, 6.45) is 3.33. The Balaban J connectivity index is 1.44. The van der Waals surface area contributed by atoms with E-state index in [1.807, 2.05) is 49.4 Å². The van der Waals surface area contributed by atoms with Crippen molar-refractivity contribution in [1.29, 1.82) is 0 Å². The first kappa shape index (κ1) is 18.9. The third-order valence-electron chi connectivity index (χ3n) is 5.41. The fraction of sp³-hybridized carbons (Fsp3) is 0.273. The van der Waals surface area contributed by atoms with Crippen LogP contribution in [0, 0.1) is 6.92 Å². The number of aryl methyl sites for hydroxylation is 1. The monoisotopic (exact) mass is 389 g/mol. The van der Waals surface area contributed by atoms with E-state index in [9.17, 15) is 9.59 Å². The van der Waals surface area contributed by atoms with Crippen molar-refractivity contribution in [1.82, 2.24) is 20.0 Å². The van der Waals surface area contributed by atoms with Crippen LogP contribution in [0.1, 0.15) is 45.9 Å². The van der Waals surface area contributed by atoms with Gasteiger partial charge in [0.05, 0.1) is 6.21 Å². The zero-order valence-electron chi connectivity index (χ0n) is 16.3. The summed E-state index contributed by atoms with van der Waals surface area (Å²) in [5.41, 5.74) is 2.58. The van der Waals surface area contributed by atoms with Gasteiger partial charge < -0.3 is 4.90 Å². The number of H-pyrrole nitrogens is 1. The molecular weight excluding hydrogens is 366 g/mol. The number of piperidine rings is 1. The van der Waals surface area contributed by atoms with E-state index in [4.69, 9.17) is 0 Å². The molecule has 4 rings (SSSR count). The molecule has 1 fully saturated rings. The first-order valence-corrected chi connectivity index (χ1v) is 9.75. The molecule has 148 valence electrons. The van der Waals surface area contributed by atoms with Crippen molar-refractivity contribution in [2.24, 2.45) is 5.10 Å². The van der Waals surface area contributed by atoms with Gasteiger partial charge >= 0.3 is 5.56 Å². The lowest BCUT2D eigenvalue weighted by Gasteiger charge is -2.31. The number of rotatable bonds is 4. The van der Waals surface area contributed by atoms with Crippen molar-refractivity contribution in [3.63, 3.8) is 0 Å². The van der Waals surface area contributed by atoms with Crippen LogP contribution < -0.4 is 5.56 Å². The number of nitrogens with zero attached hydrogens (tertiary/aromatic N) is 4. The summed E-state index contributed by atoms with van der Waals surface area (Å²) in [4.78, 5) is 28.0. The van der Waals surface area contributed by atoms with E-state index in [1.54, 1.807) is 11.1 Å². The summed E-state index contributed by atoms with van der Waals surface area (Å²) in [6.45, 7) is 3.18. The van der Waals surface area contributed by atoms with E-state index in [2.05, 4.69) is 27.5 Å². The van der Waals surface area contributed by atoms with E-state index in [-0.39, 0.29) is 11.6 Å². The van der Waals surface area contributed by atoms with Crippen LogP contribution in [0.15, 0.2) is 64.5 Å². The van der Waals surface area contributed by atoms with Crippen LogP contribution in [0.25, 0.3) is 0 Å². The minimum atomic E-state index is -0.537. The fourth-order valence-corrected chi connectivity index (χ4v) is 3.65. The maximum Gasteiger partial charge on any atom is 0.320 e. The van der Waals surface area contributed by atoms with Crippen molar-refractivity contribution in [2.75, 3.05) is 13.1 Å². The number of benzene rings is 2. The molecule has 0 aliphatic carbocycles. The Morgan fingerprint density at radius 1 is 1.10 bits per heavy atom. The summed E-state index contributed by atoms with van der Waals surface area (Å²) in [7, 11) is 0. The molecule has 2 aromatic carbocycles. The molecule has 3 aromatic rings. The second kappa shape index (κ2) is 8.26. The number of carbonyl (C=O) groups excluding carboxylic acids is 1. The van der Waals surface area contributed by atoms with E-state index in [0.717, 1.165) is 28.8 Å². The summed E-state index contributed by atoms with van der Waals surface area (Å²) in [6, 6.07) is 18.0. The number of carbonyl (C=O) groups is 1. The predicted molar refractivity (Wildman–Crippen MR) is 111 cm³/mol. The number of amides is 1. The van der Waals surface area contributed by atoms with Gasteiger partial charge in [-0.15, -0.1) is 9.89 Å². The molecule has 0 unspecified atom stereocenters. The Morgan fingerprint density at radius 2 is 1.79 bits per heavy atom. The highest BCUT2D eigenvalue weighted by atomic mass is 16.2. The molecule has 29 heavy (non-hydrogen) atoms. The smallest absolute Gasteiger partial charge is 0.320 e. The van der Waals surface area contributed by atoms with Crippen LogP contribution in [-0.4, -0.2) is 45.2 Å². The third kappa shape index (κ3) is 4.03. The highest BCUT2D eigenvalue weighted by Gasteiger charge is 2.28. The zero-order chi connectivity index (χ0) is 20.2. The van der Waals surface area contributed by atoms with Gasteiger partial charge in [-0.05, 0) is 42.4 Å². The third-order valence-corrected chi connectivity index (χ3v) is 5.41. The largest absolute Gasteiger partial charge is 0.337 e. The van der Waals surface area contributed by atoms with Gasteiger partial charge in [0.2, 0.25) is 5.69 Å². The standard InChI is InChI=1S/C22H23N5O2/c1-16-7-5-6-10-19(16)15-23-27-22(29)20(24-25-27)21(28)26-13-11-18(12-14-26)17-8-3-2-4-9-17/h2-10,15,18,25H,11-14H2,1H3. The van der Waals surface area contributed by atoms with Crippen molar-refractivity contribution in [3.8, 4) is 0 Å². The van der Waals surface area contributed by atoms with Gasteiger partial charge in [0.15, 0.2) is 0 Å². The number of likely N-dealkylation sites (tertiary alicyclic amines) is 1. The Hall–Kier alpha value is -3.48. The van der Waals surface area contributed by atoms with E-state index < -0.39 is 5.56 Å². The molecule has 0 spiro atoms. The first-order valence-electron chi connectivity index (χ1n) is 9.75. The van der Waals surface area contributed by atoms with E-state index in [1.165, 1.54) is 5.56 Å². The van der Waals surface area contributed by atoms with Crippen LogP contribution in [0.4, 0.5) is 0 Å². The van der Waals surface area contributed by atoms with Crippen molar-refractivity contribution >= 4 is 12.1 Å². The van der Waals surface area contributed by atoms with Crippen LogP contribution in [0.5, 0.6) is 0 Å². The lowest BCUT2D eigenvalue weighted by molar-refractivity contribution is 0.0705. The van der Waals surface area contributed by atoms with Gasteiger partial charge in [-0.2, -0.15) is 10.3 Å². The van der Waals surface area contributed by atoms with Crippen molar-refractivity contribution in [2.45, 2.75) is 25.7 Å². The second-order valence-corrected chi connectivity index (χ2v) is 7.26. The van der Waals surface area contributed by atoms with Gasteiger partial charge in [-0.1, -0.05) is 54.6 Å². The molecule has 0 atom stereocenters. The molecule has 1 saturated heterocycles. The Kier molecular flexibility index (Phi) is 5.37. The van der Waals surface area contributed by atoms with Crippen LogP contribution in [-0.2, 0) is 0 Å². The number of hydrogen-bond donors (Lipinski definition) is 1. The molecule has 1 aliphatic heterocycles. The van der Waals surface area contributed by atoms with Gasteiger partial charge in [-0.3, -0.25) is 9.59 Å². The maximum atomic E-state index is 12.8. The maximum absolute atomic E-state index is 12.8. The Labute approximate surface area is 168 Å². The Morgan fingerprint density at radius 3 is 2.52 bits per heavy atom. The van der Waals surface area contributed by atoms with Gasteiger partial charge in [0, 0.05) is 13.1 Å². The number of nitrogens with one attached hydrogen (secondary N) is 1. The SMILES string of the molecule is Cc1ccccc1C=Nn1[nH]nc(C(=O)N2CCC(c3ccccc3)CC2)c1=O. The zero-order valence-corrected chi connectivity index (χ0v) is 16.3. The van der Waals surface area contributed by atoms with Crippen LogP contribution in [0.3, 0.4) is 0 Å². The van der Waals surface area contributed by atoms with Gasteiger partial charge in [0.25, 0.3) is 5.91 Å². The molecule has 2 heterocycles. The first-order chi connectivity index (χ1) is 14.1. The molecule has 1 amide bonds. The summed E-state index contributed by atoms with van der Waals surface area (Å²) in [5.74, 6) is 0.0948. The lowest BCUT2D eigenvalue weighted by Crippen LogP contribution is -2.40. The normalized spacial score (nSPS) is 15.1. The van der Waals surface area contributed by atoms with Crippen LogP contribution in [0.2, 0.25) is 0 Å².